The molecular formula is C20H30N4O2S2. The molecule has 0 radical (unpaired) electrons. The number of fused-ring (bicyclic) bond motifs is 1. The molecule has 2 fully saturated rings. The zero-order chi connectivity index (χ0) is 19.9. The molecule has 0 spiro atoms. The molecule has 0 unspecified atom stereocenters. The lowest BCUT2D eigenvalue weighted by molar-refractivity contribution is 0.182. The van der Waals surface area contributed by atoms with Crippen LogP contribution in [-0.4, -0.2) is 67.0 Å². The van der Waals surface area contributed by atoms with Crippen LogP contribution < -0.4 is 4.90 Å². The summed E-state index contributed by atoms with van der Waals surface area (Å²) in [6, 6.07) is 0.489. The van der Waals surface area contributed by atoms with Crippen molar-refractivity contribution in [3.8, 4) is 0 Å². The van der Waals surface area contributed by atoms with Crippen molar-refractivity contribution in [2.24, 2.45) is 5.92 Å². The Morgan fingerprint density at radius 2 is 1.82 bits per heavy atom. The van der Waals surface area contributed by atoms with Crippen molar-refractivity contribution >= 4 is 37.2 Å². The summed E-state index contributed by atoms with van der Waals surface area (Å²) in [4.78, 5) is 15.4. The first-order valence-corrected chi connectivity index (χ1v) is 13.0. The molecule has 0 saturated carbocycles. The average molecular weight is 423 g/mol. The quantitative estimate of drug-likeness (QED) is 0.755. The van der Waals surface area contributed by atoms with E-state index in [-0.39, 0.29) is 0 Å². The van der Waals surface area contributed by atoms with E-state index in [0.29, 0.717) is 36.6 Å². The highest BCUT2D eigenvalue weighted by molar-refractivity contribution is 7.91. The minimum atomic E-state index is -2.81. The van der Waals surface area contributed by atoms with E-state index in [1.165, 1.54) is 10.9 Å². The Labute approximate surface area is 171 Å². The fourth-order valence-electron chi connectivity index (χ4n) is 4.44. The molecule has 6 nitrogen and oxygen atoms in total. The maximum Gasteiger partial charge on any atom is 0.152 e. The Kier molecular flexibility index (Phi) is 5.64. The Morgan fingerprint density at radius 3 is 2.46 bits per heavy atom. The Hall–Kier alpha value is -1.25. The van der Waals surface area contributed by atoms with Gasteiger partial charge in [0.2, 0.25) is 0 Å². The second-order valence-corrected chi connectivity index (χ2v) is 11.7. The third-order valence-corrected chi connectivity index (χ3v) is 8.42. The third kappa shape index (κ3) is 4.19. The summed E-state index contributed by atoms with van der Waals surface area (Å²) in [6.45, 7) is 9.80. The molecule has 2 aliphatic heterocycles. The number of anilines is 1. The van der Waals surface area contributed by atoms with E-state index in [2.05, 4.69) is 34.0 Å². The summed E-state index contributed by atoms with van der Waals surface area (Å²) < 4.78 is 23.4. The monoisotopic (exact) mass is 422 g/mol. The van der Waals surface area contributed by atoms with Crippen LogP contribution in [0.3, 0.4) is 0 Å². The molecule has 0 atom stereocenters. The third-order valence-electron chi connectivity index (χ3n) is 5.89. The molecule has 2 saturated heterocycles. The zero-order valence-corrected chi connectivity index (χ0v) is 18.7. The molecule has 8 heteroatoms. The minimum Gasteiger partial charge on any atom is -0.356 e. The van der Waals surface area contributed by atoms with Gasteiger partial charge >= 0.3 is 0 Å². The smallest absolute Gasteiger partial charge is 0.152 e. The number of piperidine rings is 1. The highest BCUT2D eigenvalue weighted by Gasteiger charge is 2.31. The zero-order valence-electron chi connectivity index (χ0n) is 17.0. The Bertz CT molecular complexity index is 933. The number of hydrogen-bond donors (Lipinski definition) is 0. The molecule has 0 bridgehead atoms. The molecular weight excluding hydrogens is 392 g/mol. The lowest BCUT2D eigenvalue weighted by atomic mass is 10.0. The van der Waals surface area contributed by atoms with E-state index in [0.717, 1.165) is 48.8 Å². The summed E-state index contributed by atoms with van der Waals surface area (Å²) in [5.74, 6) is 3.16. The largest absolute Gasteiger partial charge is 0.356 e. The molecule has 4 heterocycles. The Balaban J connectivity index is 1.51. The fourth-order valence-corrected chi connectivity index (χ4v) is 6.66. The standard InChI is InChI=1S/C20H30N4O2S2/c1-14(2)12-16-13-27-20-18(16)19(21-15(3)22-20)24-6-4-17(5-7-24)23-8-10-28(25,26)11-9-23/h13-14,17H,4-12H2,1-3H3. The number of thiophene rings is 1. The van der Waals surface area contributed by atoms with Gasteiger partial charge < -0.3 is 4.90 Å². The highest BCUT2D eigenvalue weighted by Crippen LogP contribution is 2.35. The van der Waals surface area contributed by atoms with Gasteiger partial charge in [0.1, 0.15) is 16.5 Å². The van der Waals surface area contributed by atoms with Crippen molar-refractivity contribution in [3.63, 3.8) is 0 Å². The molecule has 4 rings (SSSR count). The van der Waals surface area contributed by atoms with E-state index >= 15 is 0 Å². The van der Waals surface area contributed by atoms with Crippen LogP contribution in [0, 0.1) is 12.8 Å². The first-order valence-electron chi connectivity index (χ1n) is 10.3. The molecule has 154 valence electrons. The van der Waals surface area contributed by atoms with Crippen molar-refractivity contribution < 1.29 is 8.42 Å². The van der Waals surface area contributed by atoms with Crippen molar-refractivity contribution in [2.75, 3.05) is 42.6 Å². The molecule has 0 N–H and O–H groups in total. The number of aromatic nitrogens is 2. The fraction of sp³-hybridized carbons (Fsp3) is 0.700. The summed E-state index contributed by atoms with van der Waals surface area (Å²) in [7, 11) is -2.81. The first-order chi connectivity index (χ1) is 13.3. The van der Waals surface area contributed by atoms with Gasteiger partial charge in [-0.3, -0.25) is 4.90 Å². The summed E-state index contributed by atoms with van der Waals surface area (Å²) in [5.41, 5.74) is 1.37. The van der Waals surface area contributed by atoms with Crippen molar-refractivity contribution in [1.82, 2.24) is 14.9 Å². The first kappa shape index (κ1) is 20.0. The number of hydrogen-bond acceptors (Lipinski definition) is 7. The number of aryl methyl sites for hydroxylation is 1. The van der Waals surface area contributed by atoms with Crippen LogP contribution in [0.1, 0.15) is 38.1 Å². The van der Waals surface area contributed by atoms with Crippen molar-refractivity contribution in [1.29, 1.82) is 0 Å². The van der Waals surface area contributed by atoms with Gasteiger partial charge in [0.25, 0.3) is 0 Å². The van der Waals surface area contributed by atoms with Crippen LogP contribution in [0.15, 0.2) is 5.38 Å². The van der Waals surface area contributed by atoms with Crippen LogP contribution in [0.5, 0.6) is 0 Å². The summed E-state index contributed by atoms with van der Waals surface area (Å²) in [6.07, 6.45) is 3.18. The SMILES string of the molecule is Cc1nc(N2CCC(N3CCS(=O)(=O)CC3)CC2)c2c(CC(C)C)csc2n1. The van der Waals surface area contributed by atoms with Gasteiger partial charge in [0, 0.05) is 32.2 Å². The molecule has 0 aromatic carbocycles. The summed E-state index contributed by atoms with van der Waals surface area (Å²) in [5, 5.41) is 3.50. The number of sulfone groups is 1. The van der Waals surface area contributed by atoms with Gasteiger partial charge in [0.15, 0.2) is 9.84 Å². The van der Waals surface area contributed by atoms with E-state index in [1.54, 1.807) is 11.3 Å². The molecule has 2 aliphatic rings. The topological polar surface area (TPSA) is 66.4 Å². The van der Waals surface area contributed by atoms with Crippen LogP contribution in [-0.2, 0) is 16.3 Å². The molecule has 2 aromatic rings. The molecule has 0 aliphatic carbocycles. The minimum absolute atomic E-state index is 0.312. The number of nitrogens with zero attached hydrogens (tertiary/aromatic N) is 4. The van der Waals surface area contributed by atoms with E-state index in [1.807, 2.05) is 6.92 Å². The predicted octanol–water partition coefficient (Wildman–Crippen LogP) is 2.90. The highest BCUT2D eigenvalue weighted by atomic mass is 32.2. The van der Waals surface area contributed by atoms with Crippen LogP contribution >= 0.6 is 11.3 Å². The second-order valence-electron chi connectivity index (χ2n) is 8.54. The van der Waals surface area contributed by atoms with E-state index in [9.17, 15) is 8.42 Å². The maximum absolute atomic E-state index is 11.7. The molecule has 2 aromatic heterocycles. The van der Waals surface area contributed by atoms with Crippen LogP contribution in [0.2, 0.25) is 0 Å². The van der Waals surface area contributed by atoms with Gasteiger partial charge in [-0.2, -0.15) is 0 Å². The van der Waals surface area contributed by atoms with Gasteiger partial charge in [-0.1, -0.05) is 13.8 Å². The van der Waals surface area contributed by atoms with Crippen molar-refractivity contribution in [2.45, 2.75) is 46.1 Å². The van der Waals surface area contributed by atoms with Gasteiger partial charge in [-0.05, 0) is 43.0 Å². The van der Waals surface area contributed by atoms with Gasteiger partial charge in [-0.15, -0.1) is 11.3 Å². The van der Waals surface area contributed by atoms with Gasteiger partial charge in [0.05, 0.1) is 16.9 Å². The second kappa shape index (κ2) is 7.88. The van der Waals surface area contributed by atoms with Gasteiger partial charge in [-0.25, -0.2) is 18.4 Å². The number of rotatable bonds is 4. The average Bonchev–Trinajstić information content (AvgIpc) is 3.03. The van der Waals surface area contributed by atoms with Crippen LogP contribution in [0.4, 0.5) is 5.82 Å². The van der Waals surface area contributed by atoms with Crippen molar-refractivity contribution in [3.05, 3.63) is 16.8 Å². The molecule has 0 amide bonds. The summed E-state index contributed by atoms with van der Waals surface area (Å²) >= 11 is 1.73. The van der Waals surface area contributed by atoms with E-state index < -0.39 is 9.84 Å². The van der Waals surface area contributed by atoms with E-state index in [4.69, 9.17) is 4.98 Å². The normalized spacial score (nSPS) is 21.6. The maximum atomic E-state index is 11.7. The van der Waals surface area contributed by atoms with Crippen LogP contribution in [0.25, 0.3) is 10.2 Å². The lowest BCUT2D eigenvalue weighted by Crippen LogP contribution is -2.50. The predicted molar refractivity (Wildman–Crippen MR) is 116 cm³/mol. The molecule has 28 heavy (non-hydrogen) atoms. The lowest BCUT2D eigenvalue weighted by Gasteiger charge is -2.40. The Morgan fingerprint density at radius 1 is 1.14 bits per heavy atom.